The van der Waals surface area contributed by atoms with E-state index in [-0.39, 0.29) is 0 Å². The quantitative estimate of drug-likeness (QED) is 0.216. The first-order valence-corrected chi connectivity index (χ1v) is 15.5. The van der Waals surface area contributed by atoms with E-state index in [0.717, 1.165) is 11.4 Å². The monoisotopic (exact) mass is 574 g/mol. The highest BCUT2D eigenvalue weighted by atomic mass is 15.0. The van der Waals surface area contributed by atoms with Crippen LogP contribution in [-0.4, -0.2) is 4.57 Å². The van der Waals surface area contributed by atoms with E-state index in [9.17, 15) is 0 Å². The van der Waals surface area contributed by atoms with Crippen molar-refractivity contribution in [3.05, 3.63) is 198 Å². The zero-order chi connectivity index (χ0) is 29.8. The Hall–Kier alpha value is -5.86. The van der Waals surface area contributed by atoms with Crippen LogP contribution in [0, 0.1) is 0 Å². The molecule has 2 heteroatoms. The first-order chi connectivity index (χ1) is 22.3. The molecule has 0 atom stereocenters. The van der Waals surface area contributed by atoms with Gasteiger partial charge in [-0.3, -0.25) is 0 Å². The summed E-state index contributed by atoms with van der Waals surface area (Å²) in [6, 6.07) is 63.7. The molecule has 0 aliphatic heterocycles. The van der Waals surface area contributed by atoms with Crippen LogP contribution < -0.4 is 5.32 Å². The molecule has 0 spiro atoms. The summed E-state index contributed by atoms with van der Waals surface area (Å²) in [7, 11) is 0. The number of nitrogens with one attached hydrogen (secondary N) is 1. The zero-order valence-electron chi connectivity index (χ0n) is 24.7. The van der Waals surface area contributed by atoms with Crippen molar-refractivity contribution in [3.63, 3.8) is 0 Å². The fourth-order valence-electron chi connectivity index (χ4n) is 7.59. The van der Waals surface area contributed by atoms with E-state index in [4.69, 9.17) is 0 Å². The summed E-state index contributed by atoms with van der Waals surface area (Å²) in [5.74, 6) is 0. The largest absolute Gasteiger partial charge is 0.355 e. The number of hydrogen-bond acceptors (Lipinski definition) is 1. The van der Waals surface area contributed by atoms with Gasteiger partial charge in [0.2, 0.25) is 0 Å². The number of nitrogens with zero attached hydrogens (tertiary/aromatic N) is 1. The average Bonchev–Trinajstić information content (AvgIpc) is 3.60. The third-order valence-electron chi connectivity index (χ3n) is 9.43. The minimum Gasteiger partial charge on any atom is -0.355 e. The molecule has 0 saturated heterocycles. The molecular formula is C43H30N2. The molecule has 0 fully saturated rings. The molecule has 0 bridgehead atoms. The molecule has 1 N–H and O–H groups in total. The van der Waals surface area contributed by atoms with Crippen LogP contribution >= 0.6 is 0 Å². The highest BCUT2D eigenvalue weighted by molar-refractivity contribution is 6.10. The molecule has 2 nitrogen and oxygen atoms in total. The Morgan fingerprint density at radius 2 is 0.956 bits per heavy atom. The van der Waals surface area contributed by atoms with E-state index in [1.807, 2.05) is 0 Å². The van der Waals surface area contributed by atoms with Gasteiger partial charge >= 0.3 is 0 Å². The van der Waals surface area contributed by atoms with Crippen molar-refractivity contribution in [2.75, 3.05) is 5.32 Å². The molecule has 1 aliphatic rings. The van der Waals surface area contributed by atoms with E-state index >= 15 is 0 Å². The number of hydrogen-bond donors (Lipinski definition) is 1. The van der Waals surface area contributed by atoms with Gasteiger partial charge in [-0.25, -0.2) is 0 Å². The molecule has 0 saturated carbocycles. The first-order valence-electron chi connectivity index (χ1n) is 15.5. The van der Waals surface area contributed by atoms with Crippen molar-refractivity contribution in [1.82, 2.24) is 4.57 Å². The van der Waals surface area contributed by atoms with Crippen LogP contribution in [0.5, 0.6) is 0 Å². The van der Waals surface area contributed by atoms with Gasteiger partial charge in [-0.1, -0.05) is 127 Å². The number of aromatic nitrogens is 1. The molecule has 0 amide bonds. The van der Waals surface area contributed by atoms with Gasteiger partial charge in [0.1, 0.15) is 0 Å². The topological polar surface area (TPSA) is 17.0 Å². The van der Waals surface area contributed by atoms with E-state index in [1.165, 1.54) is 60.9 Å². The van der Waals surface area contributed by atoms with Crippen LogP contribution in [0.2, 0.25) is 0 Å². The van der Waals surface area contributed by atoms with Crippen molar-refractivity contribution in [2.45, 2.75) is 5.41 Å². The molecular weight excluding hydrogens is 544 g/mol. The molecule has 1 heterocycles. The summed E-state index contributed by atoms with van der Waals surface area (Å²) in [6.07, 6.45) is 0. The average molecular weight is 575 g/mol. The second kappa shape index (κ2) is 10.1. The van der Waals surface area contributed by atoms with Gasteiger partial charge in [0.05, 0.1) is 16.4 Å². The summed E-state index contributed by atoms with van der Waals surface area (Å²) in [4.78, 5) is 0. The van der Waals surface area contributed by atoms with Gasteiger partial charge in [0.25, 0.3) is 0 Å². The molecule has 0 unspecified atom stereocenters. The standard InChI is InChI=1S/C43H30N2/c1-4-14-30(15-5-1)43(31-16-6-2-7-17-31)39-22-12-10-20-35(39)36-26-24-33(29-40(36)43)44-32-25-27-42-38(28-32)37-21-11-13-23-41(37)45(42)34-18-8-3-9-19-34/h1-29,44H. The third-order valence-corrected chi connectivity index (χ3v) is 9.43. The Morgan fingerprint density at radius 3 is 1.71 bits per heavy atom. The summed E-state index contributed by atoms with van der Waals surface area (Å²) in [6.45, 7) is 0. The van der Waals surface area contributed by atoms with Gasteiger partial charge < -0.3 is 9.88 Å². The minimum atomic E-state index is -0.417. The summed E-state index contributed by atoms with van der Waals surface area (Å²) < 4.78 is 2.36. The van der Waals surface area contributed by atoms with Crippen LogP contribution in [0.15, 0.2) is 176 Å². The van der Waals surface area contributed by atoms with Gasteiger partial charge in [-0.15, -0.1) is 0 Å². The number of anilines is 2. The summed E-state index contributed by atoms with van der Waals surface area (Å²) >= 11 is 0. The van der Waals surface area contributed by atoms with E-state index in [1.54, 1.807) is 0 Å². The maximum Gasteiger partial charge on any atom is 0.0714 e. The van der Waals surface area contributed by atoms with Crippen molar-refractivity contribution >= 4 is 33.2 Å². The van der Waals surface area contributed by atoms with E-state index in [2.05, 4.69) is 186 Å². The lowest BCUT2D eigenvalue weighted by Crippen LogP contribution is -2.28. The summed E-state index contributed by atoms with van der Waals surface area (Å²) in [5.41, 5.74) is 13.0. The Labute approximate surface area is 262 Å². The van der Waals surface area contributed by atoms with E-state index in [0.29, 0.717) is 0 Å². The zero-order valence-corrected chi connectivity index (χ0v) is 24.7. The lowest BCUT2D eigenvalue weighted by molar-refractivity contribution is 0.769. The number of para-hydroxylation sites is 2. The van der Waals surface area contributed by atoms with Gasteiger partial charge in [0.15, 0.2) is 0 Å². The normalized spacial score (nSPS) is 13.1. The Balaban J connectivity index is 1.21. The molecule has 0 radical (unpaired) electrons. The van der Waals surface area contributed by atoms with Crippen molar-refractivity contribution in [1.29, 1.82) is 0 Å². The van der Waals surface area contributed by atoms with Crippen LogP contribution in [0.1, 0.15) is 22.3 Å². The third kappa shape index (κ3) is 3.82. The molecule has 7 aromatic carbocycles. The smallest absolute Gasteiger partial charge is 0.0714 e. The minimum absolute atomic E-state index is 0.417. The van der Waals surface area contributed by atoms with E-state index < -0.39 is 5.41 Å². The number of fused-ring (bicyclic) bond motifs is 6. The molecule has 1 aromatic heterocycles. The molecule has 8 aromatic rings. The highest BCUT2D eigenvalue weighted by Gasteiger charge is 2.46. The van der Waals surface area contributed by atoms with Crippen LogP contribution in [-0.2, 0) is 5.41 Å². The Morgan fingerprint density at radius 1 is 0.400 bits per heavy atom. The molecule has 45 heavy (non-hydrogen) atoms. The lowest BCUT2D eigenvalue weighted by Gasteiger charge is -2.34. The number of benzene rings is 7. The van der Waals surface area contributed by atoms with Crippen LogP contribution in [0.3, 0.4) is 0 Å². The van der Waals surface area contributed by atoms with Crippen molar-refractivity contribution in [3.8, 4) is 16.8 Å². The maximum absolute atomic E-state index is 3.80. The maximum atomic E-state index is 3.80. The Kier molecular flexibility index (Phi) is 5.76. The number of rotatable bonds is 5. The van der Waals surface area contributed by atoms with Gasteiger partial charge in [0, 0.05) is 27.8 Å². The first kappa shape index (κ1) is 25.6. The van der Waals surface area contributed by atoms with Crippen LogP contribution in [0.4, 0.5) is 11.4 Å². The molecule has 9 rings (SSSR count). The second-order valence-corrected chi connectivity index (χ2v) is 11.8. The van der Waals surface area contributed by atoms with Crippen LogP contribution in [0.25, 0.3) is 38.6 Å². The van der Waals surface area contributed by atoms with Gasteiger partial charge in [-0.2, -0.15) is 0 Å². The highest BCUT2D eigenvalue weighted by Crippen LogP contribution is 2.56. The SMILES string of the molecule is c1ccc(-n2c3ccccc3c3cc(Nc4ccc5c(c4)C(c4ccccc4)(c4ccccc4)c4ccccc4-5)ccc32)cc1. The second-order valence-electron chi connectivity index (χ2n) is 11.8. The van der Waals surface area contributed by atoms with Crippen molar-refractivity contribution in [2.24, 2.45) is 0 Å². The lowest BCUT2D eigenvalue weighted by atomic mass is 9.67. The fraction of sp³-hybridized carbons (Fsp3) is 0.0233. The van der Waals surface area contributed by atoms with Crippen molar-refractivity contribution < 1.29 is 0 Å². The fourth-order valence-corrected chi connectivity index (χ4v) is 7.59. The van der Waals surface area contributed by atoms with Gasteiger partial charge in [-0.05, 0) is 81.9 Å². The summed E-state index contributed by atoms with van der Waals surface area (Å²) in [5, 5.41) is 6.28. The predicted octanol–water partition coefficient (Wildman–Crippen LogP) is 10.9. The predicted molar refractivity (Wildman–Crippen MR) is 188 cm³/mol. The molecule has 212 valence electrons. The molecule has 1 aliphatic carbocycles. The Bertz CT molecular complexity index is 2290.